The van der Waals surface area contributed by atoms with Gasteiger partial charge < -0.3 is 4.74 Å². The van der Waals surface area contributed by atoms with Gasteiger partial charge in [-0.3, -0.25) is 4.90 Å². The highest BCUT2D eigenvalue weighted by atomic mass is 16.6. The largest absolute Gasteiger partial charge is 0.447 e. The van der Waals surface area contributed by atoms with Crippen LogP contribution in [0.3, 0.4) is 0 Å². The van der Waals surface area contributed by atoms with Crippen molar-refractivity contribution in [3.63, 3.8) is 0 Å². The summed E-state index contributed by atoms with van der Waals surface area (Å²) in [4.78, 5) is 16.8. The number of carbonyl (C=O) groups is 1. The molecule has 4 heteroatoms. The number of hydrogen-bond acceptors (Lipinski definition) is 3. The van der Waals surface area contributed by atoms with E-state index in [0.29, 0.717) is 19.0 Å². The van der Waals surface area contributed by atoms with Crippen LogP contribution >= 0.6 is 0 Å². The topological polar surface area (TPSA) is 42.4 Å². The molecule has 1 aliphatic rings. The van der Waals surface area contributed by atoms with Gasteiger partial charge in [-0.15, -0.1) is 0 Å². The van der Waals surface area contributed by atoms with E-state index in [1.807, 2.05) is 19.1 Å². The van der Waals surface area contributed by atoms with Crippen molar-refractivity contribution < 1.29 is 9.53 Å². The molecule has 1 aromatic rings. The van der Waals surface area contributed by atoms with Crippen molar-refractivity contribution >= 4 is 11.9 Å². The van der Waals surface area contributed by atoms with E-state index in [2.05, 4.69) is 18.8 Å². The quantitative estimate of drug-likeness (QED) is 0.733. The molecule has 4 nitrogen and oxygen atoms in total. The van der Waals surface area contributed by atoms with Crippen LogP contribution in [-0.2, 0) is 4.74 Å². The molecule has 2 heterocycles. The van der Waals surface area contributed by atoms with Gasteiger partial charge in [0.15, 0.2) is 0 Å². The zero-order chi connectivity index (χ0) is 12.0. The van der Waals surface area contributed by atoms with E-state index in [1.54, 1.807) is 6.20 Å². The highest BCUT2D eigenvalue weighted by Crippen LogP contribution is 2.15. The smallest absolute Gasteiger partial charge is 0.415 e. The van der Waals surface area contributed by atoms with Crippen molar-refractivity contribution in [3.8, 4) is 0 Å². The Morgan fingerprint density at radius 2 is 2.12 bits per heavy atom. The second-order valence-corrected chi connectivity index (χ2v) is 3.67. The normalized spacial score (nSPS) is 14.2. The van der Waals surface area contributed by atoms with Crippen LogP contribution in [0.4, 0.5) is 10.6 Å². The monoisotopic (exact) mass is 222 g/mol. The Kier molecular flexibility index (Phi) is 4.76. The lowest BCUT2D eigenvalue weighted by molar-refractivity contribution is 0.181. The average Bonchev–Trinajstić information content (AvgIpc) is 2.67. The number of rotatable bonds is 1. The van der Waals surface area contributed by atoms with Crippen LogP contribution in [0.15, 0.2) is 18.3 Å². The summed E-state index contributed by atoms with van der Waals surface area (Å²) in [7, 11) is 0. The van der Waals surface area contributed by atoms with Crippen LogP contribution in [0.25, 0.3) is 0 Å². The molecule has 1 saturated heterocycles. The predicted octanol–water partition coefficient (Wildman–Crippen LogP) is 2.76. The summed E-state index contributed by atoms with van der Waals surface area (Å²) in [6, 6.07) is 3.75. The van der Waals surface area contributed by atoms with E-state index in [9.17, 15) is 4.79 Å². The van der Waals surface area contributed by atoms with Crippen molar-refractivity contribution in [2.45, 2.75) is 27.2 Å². The zero-order valence-electron chi connectivity index (χ0n) is 10.1. The number of pyridine rings is 1. The second kappa shape index (κ2) is 6.10. The molecular formula is C12H18N2O2. The molecule has 0 unspecified atom stereocenters. The van der Waals surface area contributed by atoms with Crippen molar-refractivity contribution in [1.82, 2.24) is 4.98 Å². The molecule has 0 spiro atoms. The van der Waals surface area contributed by atoms with E-state index >= 15 is 0 Å². The Morgan fingerprint density at radius 1 is 1.44 bits per heavy atom. The first kappa shape index (κ1) is 12.5. The third-order valence-corrected chi connectivity index (χ3v) is 1.93. The molecule has 1 amide bonds. The van der Waals surface area contributed by atoms with Crippen LogP contribution in [0.1, 0.15) is 25.8 Å². The van der Waals surface area contributed by atoms with E-state index in [0.717, 1.165) is 5.56 Å². The van der Waals surface area contributed by atoms with Crippen LogP contribution < -0.4 is 4.90 Å². The summed E-state index contributed by atoms with van der Waals surface area (Å²) >= 11 is 0. The number of amides is 1. The molecule has 2 rings (SSSR count). The lowest BCUT2D eigenvalue weighted by Crippen LogP contribution is -2.24. The van der Waals surface area contributed by atoms with Crippen LogP contribution in [-0.4, -0.2) is 24.2 Å². The number of ether oxygens (including phenoxy) is 1. The second-order valence-electron chi connectivity index (χ2n) is 3.67. The van der Waals surface area contributed by atoms with Gasteiger partial charge in [0.25, 0.3) is 0 Å². The fourth-order valence-electron chi connectivity index (χ4n) is 1.22. The molecule has 0 N–H and O–H groups in total. The number of hydrogen-bond donors (Lipinski definition) is 0. The third kappa shape index (κ3) is 3.22. The minimum absolute atomic E-state index is 0.309. The molecule has 1 fully saturated rings. The van der Waals surface area contributed by atoms with E-state index < -0.39 is 0 Å². The van der Waals surface area contributed by atoms with Gasteiger partial charge in [0, 0.05) is 6.20 Å². The molecule has 0 aliphatic carbocycles. The standard InChI is InChI=1S/C9H10N2O2.C3H8/c1-7-2-3-8(10-6-7)11-4-5-13-9(11)12;1-3-2/h2-3,6H,4-5H2,1H3;3H2,1-2H3. The Hall–Kier alpha value is -1.58. The first-order valence-corrected chi connectivity index (χ1v) is 5.56. The number of aryl methyl sites for hydroxylation is 1. The van der Waals surface area contributed by atoms with Gasteiger partial charge in [-0.2, -0.15) is 0 Å². The Labute approximate surface area is 96.2 Å². The molecule has 0 radical (unpaired) electrons. The summed E-state index contributed by atoms with van der Waals surface area (Å²) in [5.74, 6) is 0.660. The van der Waals surface area contributed by atoms with Crippen molar-refractivity contribution in [2.24, 2.45) is 0 Å². The van der Waals surface area contributed by atoms with E-state index in [4.69, 9.17) is 4.74 Å². The fraction of sp³-hybridized carbons (Fsp3) is 0.500. The van der Waals surface area contributed by atoms with Gasteiger partial charge in [0.05, 0.1) is 6.54 Å². The highest BCUT2D eigenvalue weighted by Gasteiger charge is 2.24. The molecule has 0 aromatic carbocycles. The van der Waals surface area contributed by atoms with Crippen LogP contribution in [0.2, 0.25) is 0 Å². The van der Waals surface area contributed by atoms with E-state index in [1.165, 1.54) is 11.3 Å². The van der Waals surface area contributed by atoms with Crippen molar-refractivity contribution in [2.75, 3.05) is 18.1 Å². The highest BCUT2D eigenvalue weighted by molar-refractivity contribution is 5.87. The molecule has 16 heavy (non-hydrogen) atoms. The summed E-state index contributed by atoms with van der Waals surface area (Å²) < 4.78 is 4.80. The number of anilines is 1. The molecule has 1 aliphatic heterocycles. The Bertz CT molecular complexity index is 335. The molecule has 0 saturated carbocycles. The maximum Gasteiger partial charge on any atom is 0.415 e. The van der Waals surface area contributed by atoms with Gasteiger partial charge in [-0.1, -0.05) is 26.3 Å². The first-order chi connectivity index (χ1) is 7.69. The molecule has 1 aromatic heterocycles. The SMILES string of the molecule is CCC.Cc1ccc(N2CCOC2=O)nc1. The molecule has 88 valence electrons. The summed E-state index contributed by atoms with van der Waals surface area (Å²) in [5, 5.41) is 0. The van der Waals surface area contributed by atoms with Crippen molar-refractivity contribution in [1.29, 1.82) is 0 Å². The lowest BCUT2D eigenvalue weighted by atomic mass is 10.3. The van der Waals surface area contributed by atoms with Crippen LogP contribution in [0, 0.1) is 6.92 Å². The number of aromatic nitrogens is 1. The maximum atomic E-state index is 11.1. The minimum Gasteiger partial charge on any atom is -0.447 e. The van der Waals surface area contributed by atoms with Gasteiger partial charge >= 0.3 is 6.09 Å². The number of nitrogens with zero attached hydrogens (tertiary/aromatic N) is 2. The lowest BCUT2D eigenvalue weighted by Gasteiger charge is -2.10. The molecular weight excluding hydrogens is 204 g/mol. The fourth-order valence-corrected chi connectivity index (χ4v) is 1.22. The summed E-state index contributed by atoms with van der Waals surface area (Å²) in [6.07, 6.45) is 2.68. The molecule has 0 atom stereocenters. The van der Waals surface area contributed by atoms with Gasteiger partial charge in [0.2, 0.25) is 0 Å². The Morgan fingerprint density at radius 3 is 2.56 bits per heavy atom. The third-order valence-electron chi connectivity index (χ3n) is 1.93. The van der Waals surface area contributed by atoms with Gasteiger partial charge in [0.1, 0.15) is 12.4 Å². The van der Waals surface area contributed by atoms with E-state index in [-0.39, 0.29) is 6.09 Å². The van der Waals surface area contributed by atoms with Crippen LogP contribution in [0.5, 0.6) is 0 Å². The van der Waals surface area contributed by atoms with Gasteiger partial charge in [-0.25, -0.2) is 9.78 Å². The zero-order valence-corrected chi connectivity index (χ0v) is 10.1. The first-order valence-electron chi connectivity index (χ1n) is 5.56. The summed E-state index contributed by atoms with van der Waals surface area (Å²) in [5.41, 5.74) is 1.08. The minimum atomic E-state index is -0.309. The summed E-state index contributed by atoms with van der Waals surface area (Å²) in [6.45, 7) is 7.25. The number of cyclic esters (lactones) is 1. The average molecular weight is 222 g/mol. The van der Waals surface area contributed by atoms with Crippen molar-refractivity contribution in [3.05, 3.63) is 23.9 Å². The number of carbonyl (C=O) groups excluding carboxylic acids is 1. The maximum absolute atomic E-state index is 11.1. The van der Waals surface area contributed by atoms with Gasteiger partial charge in [-0.05, 0) is 18.6 Å². The Balaban J connectivity index is 0.000000386. The predicted molar refractivity (Wildman–Crippen MR) is 63.6 cm³/mol. The molecule has 0 bridgehead atoms.